The summed E-state index contributed by atoms with van der Waals surface area (Å²) in [7, 11) is 0. The second-order valence-corrected chi connectivity index (χ2v) is 7.41. The Bertz CT molecular complexity index is 803. The minimum Gasteiger partial charge on any atom is -0.361 e. The lowest BCUT2D eigenvalue weighted by molar-refractivity contribution is -0.133. The van der Waals surface area contributed by atoms with Gasteiger partial charge in [0.05, 0.1) is 12.5 Å². The van der Waals surface area contributed by atoms with Crippen molar-refractivity contribution in [3.8, 4) is 0 Å². The highest BCUT2D eigenvalue weighted by molar-refractivity contribution is 5.89. The molecule has 1 unspecified atom stereocenters. The molecule has 1 aromatic heterocycles. The monoisotopic (exact) mass is 354 g/mol. The number of nitrogens with one attached hydrogen (secondary N) is 2. The molecule has 2 aliphatic rings. The molecular formula is C20H26N4O2. The molecule has 6 heteroatoms. The molecule has 4 rings (SSSR count). The van der Waals surface area contributed by atoms with Gasteiger partial charge in [-0.05, 0) is 31.4 Å². The Balaban J connectivity index is 1.31. The first-order chi connectivity index (χ1) is 12.6. The average Bonchev–Trinajstić information content (AvgIpc) is 3.40. The lowest BCUT2D eigenvalue weighted by Gasteiger charge is -2.37. The number of hydrogen-bond donors (Lipinski definition) is 2. The summed E-state index contributed by atoms with van der Waals surface area (Å²) < 4.78 is 0. The van der Waals surface area contributed by atoms with Crippen LogP contribution in [0.5, 0.6) is 0 Å². The van der Waals surface area contributed by atoms with Crippen LogP contribution in [0, 0.1) is 0 Å². The smallest absolute Gasteiger partial charge is 0.237 e. The number of para-hydroxylation sites is 1. The number of rotatable bonds is 5. The Morgan fingerprint density at radius 2 is 1.92 bits per heavy atom. The van der Waals surface area contributed by atoms with Crippen LogP contribution in [-0.2, 0) is 16.0 Å². The Labute approximate surface area is 153 Å². The number of fused-ring (bicyclic) bond motifs is 1. The number of amides is 2. The standard InChI is InChI=1S/C20H26N4O2/c1-14(20(26)22-16-6-7-16)23-8-10-24(11-9-23)19(25)12-15-13-21-18-5-3-2-4-17(15)18/h2-5,13-14,16,21H,6-12H2,1H3,(H,22,26). The molecule has 138 valence electrons. The van der Waals surface area contributed by atoms with Crippen LogP contribution in [0.1, 0.15) is 25.3 Å². The Morgan fingerprint density at radius 1 is 1.19 bits per heavy atom. The van der Waals surface area contributed by atoms with E-state index in [0.717, 1.165) is 42.4 Å². The number of benzene rings is 1. The molecule has 1 aliphatic carbocycles. The van der Waals surface area contributed by atoms with Crippen LogP contribution in [0.25, 0.3) is 10.9 Å². The number of carbonyl (C=O) groups excluding carboxylic acids is 2. The van der Waals surface area contributed by atoms with Crippen LogP contribution in [0.15, 0.2) is 30.5 Å². The lowest BCUT2D eigenvalue weighted by Crippen LogP contribution is -2.55. The Hall–Kier alpha value is -2.34. The fourth-order valence-electron chi connectivity index (χ4n) is 3.63. The van der Waals surface area contributed by atoms with Crippen molar-refractivity contribution in [1.29, 1.82) is 0 Å². The number of aromatic nitrogens is 1. The predicted molar refractivity (Wildman–Crippen MR) is 101 cm³/mol. The van der Waals surface area contributed by atoms with Gasteiger partial charge in [0.25, 0.3) is 0 Å². The number of aromatic amines is 1. The van der Waals surface area contributed by atoms with E-state index in [1.54, 1.807) is 0 Å². The first-order valence-corrected chi connectivity index (χ1v) is 9.49. The van der Waals surface area contributed by atoms with E-state index < -0.39 is 0 Å². The first-order valence-electron chi connectivity index (χ1n) is 9.49. The van der Waals surface area contributed by atoms with E-state index in [1.807, 2.05) is 42.3 Å². The SMILES string of the molecule is CC(C(=O)NC1CC1)N1CCN(C(=O)Cc2c[nH]c3ccccc23)CC1. The van der Waals surface area contributed by atoms with Crippen LogP contribution in [0.2, 0.25) is 0 Å². The maximum absolute atomic E-state index is 12.7. The molecule has 1 aliphatic heterocycles. The van der Waals surface area contributed by atoms with Crippen molar-refractivity contribution in [3.63, 3.8) is 0 Å². The van der Waals surface area contributed by atoms with E-state index in [1.165, 1.54) is 0 Å². The molecular weight excluding hydrogens is 328 g/mol. The zero-order valence-electron chi connectivity index (χ0n) is 15.2. The van der Waals surface area contributed by atoms with Crippen molar-refractivity contribution in [2.45, 2.75) is 38.3 Å². The third kappa shape index (κ3) is 3.60. The molecule has 2 aromatic rings. The summed E-state index contributed by atoms with van der Waals surface area (Å²) in [5.41, 5.74) is 2.11. The van der Waals surface area contributed by atoms with E-state index in [4.69, 9.17) is 0 Å². The Morgan fingerprint density at radius 3 is 2.65 bits per heavy atom. The van der Waals surface area contributed by atoms with E-state index in [9.17, 15) is 9.59 Å². The summed E-state index contributed by atoms with van der Waals surface area (Å²) in [4.78, 5) is 32.2. The number of nitrogens with zero attached hydrogens (tertiary/aromatic N) is 2. The third-order valence-electron chi connectivity index (χ3n) is 5.53. The summed E-state index contributed by atoms with van der Waals surface area (Å²) in [5.74, 6) is 0.274. The molecule has 1 saturated carbocycles. The van der Waals surface area contributed by atoms with Gasteiger partial charge in [0.1, 0.15) is 0 Å². The van der Waals surface area contributed by atoms with Gasteiger partial charge in [-0.25, -0.2) is 0 Å². The molecule has 2 amide bonds. The van der Waals surface area contributed by atoms with E-state index in [0.29, 0.717) is 25.6 Å². The number of piperazine rings is 1. The normalized spacial score (nSPS) is 19.5. The zero-order chi connectivity index (χ0) is 18.1. The molecule has 0 bridgehead atoms. The molecule has 6 nitrogen and oxygen atoms in total. The quantitative estimate of drug-likeness (QED) is 0.855. The van der Waals surface area contributed by atoms with Crippen LogP contribution in [-0.4, -0.2) is 64.9 Å². The van der Waals surface area contributed by atoms with Crippen molar-refractivity contribution in [3.05, 3.63) is 36.0 Å². The first kappa shape index (κ1) is 17.1. The number of carbonyl (C=O) groups is 2. The second-order valence-electron chi connectivity index (χ2n) is 7.41. The predicted octanol–water partition coefficient (Wildman–Crippen LogP) is 1.52. The molecule has 26 heavy (non-hydrogen) atoms. The molecule has 2 N–H and O–H groups in total. The van der Waals surface area contributed by atoms with Crippen molar-refractivity contribution >= 4 is 22.7 Å². The minimum absolute atomic E-state index is 0.117. The zero-order valence-corrected chi connectivity index (χ0v) is 15.2. The average molecular weight is 354 g/mol. The summed E-state index contributed by atoms with van der Waals surface area (Å²) in [6.45, 7) is 4.82. The minimum atomic E-state index is -0.124. The third-order valence-corrected chi connectivity index (χ3v) is 5.53. The van der Waals surface area contributed by atoms with E-state index in [2.05, 4.69) is 15.2 Å². The van der Waals surface area contributed by atoms with Gasteiger partial charge in [0.15, 0.2) is 0 Å². The van der Waals surface area contributed by atoms with Gasteiger partial charge >= 0.3 is 0 Å². The number of hydrogen-bond acceptors (Lipinski definition) is 3. The van der Waals surface area contributed by atoms with Crippen LogP contribution in [0.3, 0.4) is 0 Å². The number of H-pyrrole nitrogens is 1. The second kappa shape index (κ2) is 7.11. The van der Waals surface area contributed by atoms with Crippen molar-refractivity contribution < 1.29 is 9.59 Å². The van der Waals surface area contributed by atoms with Gasteiger partial charge in [-0.3, -0.25) is 14.5 Å². The molecule has 1 aromatic carbocycles. The molecule has 0 spiro atoms. The summed E-state index contributed by atoms with van der Waals surface area (Å²) >= 11 is 0. The van der Waals surface area contributed by atoms with Crippen LogP contribution >= 0.6 is 0 Å². The van der Waals surface area contributed by atoms with Crippen LogP contribution < -0.4 is 5.32 Å². The molecule has 2 fully saturated rings. The van der Waals surface area contributed by atoms with Gasteiger partial charge in [-0.1, -0.05) is 18.2 Å². The summed E-state index contributed by atoms with van der Waals surface area (Å²) in [6, 6.07) is 8.33. The largest absolute Gasteiger partial charge is 0.361 e. The highest BCUT2D eigenvalue weighted by Crippen LogP contribution is 2.20. The van der Waals surface area contributed by atoms with Gasteiger partial charge in [0, 0.05) is 49.3 Å². The highest BCUT2D eigenvalue weighted by atomic mass is 16.2. The Kier molecular flexibility index (Phi) is 4.68. The van der Waals surface area contributed by atoms with E-state index in [-0.39, 0.29) is 17.9 Å². The van der Waals surface area contributed by atoms with E-state index >= 15 is 0 Å². The fourth-order valence-corrected chi connectivity index (χ4v) is 3.63. The van der Waals surface area contributed by atoms with Gasteiger partial charge < -0.3 is 15.2 Å². The maximum atomic E-state index is 12.7. The van der Waals surface area contributed by atoms with Crippen LogP contribution in [0.4, 0.5) is 0 Å². The van der Waals surface area contributed by atoms with Crippen molar-refractivity contribution in [2.75, 3.05) is 26.2 Å². The summed E-state index contributed by atoms with van der Waals surface area (Å²) in [5, 5.41) is 4.18. The maximum Gasteiger partial charge on any atom is 0.237 e. The topological polar surface area (TPSA) is 68.4 Å². The van der Waals surface area contributed by atoms with Gasteiger partial charge in [-0.2, -0.15) is 0 Å². The lowest BCUT2D eigenvalue weighted by atomic mass is 10.1. The molecule has 1 atom stereocenters. The van der Waals surface area contributed by atoms with Crippen molar-refractivity contribution in [1.82, 2.24) is 20.1 Å². The highest BCUT2D eigenvalue weighted by Gasteiger charge is 2.30. The fraction of sp³-hybridized carbons (Fsp3) is 0.500. The molecule has 0 radical (unpaired) electrons. The van der Waals surface area contributed by atoms with Gasteiger partial charge in [-0.15, -0.1) is 0 Å². The summed E-state index contributed by atoms with van der Waals surface area (Å²) in [6.07, 6.45) is 4.56. The van der Waals surface area contributed by atoms with Gasteiger partial charge in [0.2, 0.25) is 11.8 Å². The molecule has 2 heterocycles. The molecule has 1 saturated heterocycles. The van der Waals surface area contributed by atoms with Crippen molar-refractivity contribution in [2.24, 2.45) is 0 Å².